The highest BCUT2D eigenvalue weighted by atomic mass is 31.2. The number of carboxylic acids is 1. The average Bonchev–Trinajstić information content (AvgIpc) is 3.26. The van der Waals surface area contributed by atoms with Gasteiger partial charge in [-0.25, -0.2) is 4.57 Å². The summed E-state index contributed by atoms with van der Waals surface area (Å²) in [5, 5.41) is 8.92. The lowest BCUT2D eigenvalue weighted by atomic mass is 10.1. The van der Waals surface area contributed by atoms with Crippen molar-refractivity contribution in [3.63, 3.8) is 0 Å². The third-order valence-corrected chi connectivity index (χ3v) is 10.5. The number of phosphoric acid groups is 1. The van der Waals surface area contributed by atoms with Gasteiger partial charge >= 0.3 is 19.8 Å². The van der Waals surface area contributed by atoms with Gasteiger partial charge in [0.25, 0.3) is 0 Å². The van der Waals surface area contributed by atoms with E-state index in [1.807, 2.05) is 0 Å². The summed E-state index contributed by atoms with van der Waals surface area (Å²) in [4.78, 5) is 33.6. The number of ether oxygens (including phenoxy) is 2. The van der Waals surface area contributed by atoms with Gasteiger partial charge in [-0.3, -0.25) is 18.6 Å². The molecule has 0 amide bonds. The Balaban J connectivity index is 4.33. The quantitative estimate of drug-likeness (QED) is 0.0233. The number of esters is 1. The van der Waals surface area contributed by atoms with Gasteiger partial charge in [0.2, 0.25) is 0 Å². The van der Waals surface area contributed by atoms with E-state index < -0.39 is 45.1 Å². The van der Waals surface area contributed by atoms with Crippen LogP contribution < -0.4 is 5.73 Å². The summed E-state index contributed by atoms with van der Waals surface area (Å²) >= 11 is 0. The number of rotatable bonds is 44. The number of nitrogens with two attached hydrogens (primary N) is 1. The summed E-state index contributed by atoms with van der Waals surface area (Å²) in [6, 6.07) is -1.49. The van der Waals surface area contributed by atoms with Gasteiger partial charge in [0, 0.05) is 13.0 Å². The first-order chi connectivity index (χ1) is 30.7. The lowest BCUT2D eigenvalue weighted by Crippen LogP contribution is -2.34. The molecule has 4 N–H and O–H groups in total. The summed E-state index contributed by atoms with van der Waals surface area (Å²) in [5.74, 6) is -1.84. The molecule has 0 aliphatic carbocycles. The van der Waals surface area contributed by atoms with E-state index in [0.29, 0.717) is 13.0 Å². The minimum atomic E-state index is -4.64. The summed E-state index contributed by atoms with van der Waals surface area (Å²) in [7, 11) is -4.64. The SMILES string of the molecule is CC/C=C\C/C=C\C/C=C\C/C=C\C/C=C\C/C=C\CCCCC(=O)OC(COCCCCCCCCC/C=C\C/C=C\C/C=C\CCCCC)COP(=O)(O)OCC(N)C(=O)O. The first kappa shape index (κ1) is 59.6. The van der Waals surface area contributed by atoms with Gasteiger partial charge in [0.05, 0.1) is 19.8 Å². The maximum Gasteiger partial charge on any atom is 0.472 e. The van der Waals surface area contributed by atoms with Crippen LogP contribution in [-0.4, -0.2) is 60.5 Å². The Labute approximate surface area is 382 Å². The molecule has 0 heterocycles. The molecular formula is C52H86NO9P. The summed E-state index contributed by atoms with van der Waals surface area (Å²) in [6.07, 6.45) is 62.8. The Morgan fingerprint density at radius 1 is 0.524 bits per heavy atom. The number of carbonyl (C=O) groups is 2. The highest BCUT2D eigenvalue weighted by molar-refractivity contribution is 7.47. The molecule has 11 heteroatoms. The lowest BCUT2D eigenvalue weighted by molar-refractivity contribution is -0.154. The van der Waals surface area contributed by atoms with E-state index in [9.17, 15) is 19.0 Å². The smallest absolute Gasteiger partial charge is 0.472 e. The highest BCUT2D eigenvalue weighted by Gasteiger charge is 2.27. The van der Waals surface area contributed by atoms with E-state index in [2.05, 4.69) is 123 Å². The van der Waals surface area contributed by atoms with E-state index in [1.54, 1.807) is 0 Å². The Kier molecular flexibility index (Phi) is 44.1. The van der Waals surface area contributed by atoms with Crippen LogP contribution in [0.25, 0.3) is 0 Å². The predicted molar refractivity (Wildman–Crippen MR) is 262 cm³/mol. The number of allylic oxidation sites excluding steroid dienone is 18. The van der Waals surface area contributed by atoms with Crippen molar-refractivity contribution in [2.75, 3.05) is 26.4 Å². The summed E-state index contributed by atoms with van der Waals surface area (Å²) in [6.45, 7) is 3.64. The van der Waals surface area contributed by atoms with Crippen molar-refractivity contribution in [1.82, 2.24) is 0 Å². The molecule has 0 fully saturated rings. The van der Waals surface area contributed by atoms with Gasteiger partial charge in [0.1, 0.15) is 12.1 Å². The fraction of sp³-hybridized carbons (Fsp3) is 0.615. The third kappa shape index (κ3) is 46.4. The zero-order chi connectivity index (χ0) is 46.2. The number of phosphoric ester groups is 1. The number of hydrogen-bond acceptors (Lipinski definition) is 8. The maximum atomic E-state index is 12.7. The van der Waals surface area contributed by atoms with Gasteiger partial charge in [-0.1, -0.05) is 168 Å². The molecule has 0 aromatic carbocycles. The molecule has 0 saturated heterocycles. The minimum Gasteiger partial charge on any atom is -0.480 e. The molecule has 3 atom stereocenters. The normalized spacial score (nSPS) is 14.7. The van der Waals surface area contributed by atoms with Gasteiger partial charge in [0.15, 0.2) is 0 Å². The van der Waals surface area contributed by atoms with Crippen molar-refractivity contribution in [3.05, 3.63) is 109 Å². The first-order valence-corrected chi connectivity index (χ1v) is 25.4. The second-order valence-electron chi connectivity index (χ2n) is 15.5. The lowest BCUT2D eigenvalue weighted by Gasteiger charge is -2.20. The second-order valence-corrected chi connectivity index (χ2v) is 17.0. The van der Waals surface area contributed by atoms with Crippen molar-refractivity contribution in [3.8, 4) is 0 Å². The summed E-state index contributed by atoms with van der Waals surface area (Å²) < 4.78 is 33.4. The fourth-order valence-corrected chi connectivity index (χ4v) is 6.63. The predicted octanol–water partition coefficient (Wildman–Crippen LogP) is 13.9. The third-order valence-electron chi connectivity index (χ3n) is 9.54. The molecule has 0 aliphatic heterocycles. The van der Waals surface area contributed by atoms with Crippen molar-refractivity contribution in [2.24, 2.45) is 5.73 Å². The van der Waals surface area contributed by atoms with Crippen LogP contribution in [0, 0.1) is 0 Å². The molecule has 10 nitrogen and oxygen atoms in total. The number of carboxylic acid groups (broad SMARTS) is 1. The molecule has 63 heavy (non-hydrogen) atoms. The van der Waals surface area contributed by atoms with Gasteiger partial charge in [-0.15, -0.1) is 0 Å². The van der Waals surface area contributed by atoms with Crippen molar-refractivity contribution in [2.45, 2.75) is 180 Å². The Bertz CT molecular complexity index is 1410. The average molecular weight is 900 g/mol. The van der Waals surface area contributed by atoms with Crippen LogP contribution in [0.3, 0.4) is 0 Å². The molecule has 0 bridgehead atoms. The van der Waals surface area contributed by atoms with E-state index in [4.69, 9.17) is 29.4 Å². The number of carbonyl (C=O) groups excluding carboxylic acids is 1. The van der Waals surface area contributed by atoms with Crippen LogP contribution in [0.2, 0.25) is 0 Å². The molecule has 0 spiro atoms. The van der Waals surface area contributed by atoms with Crippen molar-refractivity contribution < 1.29 is 42.7 Å². The molecular weight excluding hydrogens is 814 g/mol. The minimum absolute atomic E-state index is 0.0155. The number of unbranched alkanes of at least 4 members (excludes halogenated alkanes) is 12. The van der Waals surface area contributed by atoms with Gasteiger partial charge < -0.3 is 25.2 Å². The monoisotopic (exact) mass is 900 g/mol. The highest BCUT2D eigenvalue weighted by Crippen LogP contribution is 2.43. The molecule has 358 valence electrons. The first-order valence-electron chi connectivity index (χ1n) is 23.9. The molecule has 0 saturated carbocycles. The standard InChI is InChI=1S/C52H86NO9P/c1-3-5-7-9-11-13-15-17-19-21-23-25-26-28-30-32-34-36-38-40-42-44-51(54)62-49(47-60-63(57,58)61-48-50(53)52(55)56)46-59-45-43-41-39-37-35-33-31-29-27-24-22-20-18-16-14-12-10-8-6-4-2/h5,7,11-14,17-20,23-25,27-28,30,34,36,49-50H,3-4,6,8-10,15-16,21-22,26,29,31-33,35,37-48,53H2,1-2H3,(H,55,56)(H,57,58)/b7-5-,13-11-,14-12-,19-17-,20-18-,25-23-,27-24-,30-28-,36-34-. The van der Waals surface area contributed by atoms with Crippen molar-refractivity contribution >= 4 is 19.8 Å². The van der Waals surface area contributed by atoms with E-state index in [-0.39, 0.29) is 13.0 Å². The van der Waals surface area contributed by atoms with Crippen molar-refractivity contribution in [1.29, 1.82) is 0 Å². The zero-order valence-electron chi connectivity index (χ0n) is 39.1. The summed E-state index contributed by atoms with van der Waals surface area (Å²) in [5.41, 5.74) is 5.36. The van der Waals surface area contributed by atoms with Gasteiger partial charge in [-0.2, -0.15) is 0 Å². The molecule has 0 aliphatic rings. The largest absolute Gasteiger partial charge is 0.480 e. The molecule has 0 radical (unpaired) electrons. The Morgan fingerprint density at radius 2 is 0.921 bits per heavy atom. The molecule has 0 rings (SSSR count). The van der Waals surface area contributed by atoms with Crippen LogP contribution in [-0.2, 0) is 32.7 Å². The van der Waals surface area contributed by atoms with E-state index in [0.717, 1.165) is 89.9 Å². The zero-order valence-corrected chi connectivity index (χ0v) is 40.0. The maximum absolute atomic E-state index is 12.7. The van der Waals surface area contributed by atoms with E-state index in [1.165, 1.54) is 51.4 Å². The molecule has 0 aromatic rings. The Hall–Kier alpha value is -3.37. The topological polar surface area (TPSA) is 155 Å². The molecule has 0 aromatic heterocycles. The second kappa shape index (κ2) is 46.6. The van der Waals surface area contributed by atoms with Crippen LogP contribution in [0.4, 0.5) is 0 Å². The Morgan fingerprint density at radius 3 is 1.38 bits per heavy atom. The number of aliphatic carboxylic acids is 1. The molecule has 3 unspecified atom stereocenters. The van der Waals surface area contributed by atoms with E-state index >= 15 is 0 Å². The van der Waals surface area contributed by atoms with Gasteiger partial charge in [-0.05, 0) is 103 Å². The van der Waals surface area contributed by atoms with Crippen LogP contribution in [0.15, 0.2) is 109 Å². The van der Waals surface area contributed by atoms with Crippen LogP contribution >= 0.6 is 7.82 Å². The fourth-order valence-electron chi connectivity index (χ4n) is 5.85. The van der Waals surface area contributed by atoms with Crippen LogP contribution in [0.1, 0.15) is 168 Å². The van der Waals surface area contributed by atoms with Crippen LogP contribution in [0.5, 0.6) is 0 Å². The number of hydrogen-bond donors (Lipinski definition) is 3.